The van der Waals surface area contributed by atoms with Crippen molar-refractivity contribution < 1.29 is 19.5 Å². The maximum atomic E-state index is 14.3. The second kappa shape index (κ2) is 11.5. The van der Waals surface area contributed by atoms with E-state index in [9.17, 15) is 19.5 Å². The van der Waals surface area contributed by atoms with E-state index in [2.05, 4.69) is 53.8 Å². The number of hydrogen-bond donors (Lipinski definition) is 4. The number of nitrogens with zero attached hydrogens (tertiary/aromatic N) is 1. The van der Waals surface area contributed by atoms with Gasteiger partial charge in [-0.15, -0.1) is 0 Å². The Hall–Kier alpha value is -3.55. The van der Waals surface area contributed by atoms with Crippen LogP contribution in [0.25, 0.3) is 0 Å². The van der Waals surface area contributed by atoms with Gasteiger partial charge in [-0.2, -0.15) is 0 Å². The lowest BCUT2D eigenvalue weighted by Gasteiger charge is -2.44. The fourth-order valence-corrected chi connectivity index (χ4v) is 7.00. The molecule has 6 atom stereocenters. The summed E-state index contributed by atoms with van der Waals surface area (Å²) in [4.78, 5) is 41.0. The summed E-state index contributed by atoms with van der Waals surface area (Å²) < 4.78 is 0. The van der Waals surface area contributed by atoms with Crippen LogP contribution in [0, 0.1) is 17.3 Å². The highest BCUT2D eigenvalue weighted by Crippen LogP contribution is 2.48. The van der Waals surface area contributed by atoms with Crippen molar-refractivity contribution in [2.45, 2.75) is 83.5 Å². The molecule has 2 aromatic carbocycles. The highest BCUT2D eigenvalue weighted by molar-refractivity contribution is 5.95. The molecule has 8 heteroatoms. The summed E-state index contributed by atoms with van der Waals surface area (Å²) >= 11 is 0. The van der Waals surface area contributed by atoms with Crippen LogP contribution in [-0.4, -0.2) is 52.6 Å². The number of amides is 3. The number of hydrogen-bond acceptors (Lipinski definition) is 4. The van der Waals surface area contributed by atoms with E-state index in [4.69, 9.17) is 0 Å². The van der Waals surface area contributed by atoms with Gasteiger partial charge in [-0.3, -0.25) is 9.59 Å². The molecule has 2 heterocycles. The SMILES string of the molecule is CC(C)(C)C(C[C@H]1Nc2ccccc2[C@H]2[C@@H]1CCN2C(=O)[C@H]1CCCC[C@H]1NC(=O)c1ccccc1)NC(=O)O. The predicted molar refractivity (Wildman–Crippen MR) is 155 cm³/mol. The quantitative estimate of drug-likeness (QED) is 0.386. The number of nitrogens with one attached hydrogen (secondary N) is 3. The number of likely N-dealkylation sites (tertiary alicyclic amines) is 1. The molecule has 214 valence electrons. The first-order chi connectivity index (χ1) is 19.1. The van der Waals surface area contributed by atoms with Crippen LogP contribution in [0.5, 0.6) is 0 Å². The van der Waals surface area contributed by atoms with Crippen LogP contribution >= 0.6 is 0 Å². The van der Waals surface area contributed by atoms with Crippen molar-refractivity contribution in [1.82, 2.24) is 15.5 Å². The average molecular weight is 547 g/mol. The molecule has 5 rings (SSSR count). The van der Waals surface area contributed by atoms with E-state index in [0.717, 1.165) is 43.4 Å². The van der Waals surface area contributed by atoms with Gasteiger partial charge in [0.15, 0.2) is 0 Å². The van der Waals surface area contributed by atoms with Gasteiger partial charge in [0.05, 0.1) is 12.0 Å². The Morgan fingerprint density at radius 3 is 2.42 bits per heavy atom. The first-order valence-electron chi connectivity index (χ1n) is 14.6. The lowest BCUT2D eigenvalue weighted by molar-refractivity contribution is -0.138. The zero-order chi connectivity index (χ0) is 28.4. The van der Waals surface area contributed by atoms with Crippen molar-refractivity contribution in [2.75, 3.05) is 11.9 Å². The molecular formula is C32H42N4O4. The van der Waals surface area contributed by atoms with Crippen LogP contribution in [0.3, 0.4) is 0 Å². The van der Waals surface area contributed by atoms with Crippen LogP contribution in [0.15, 0.2) is 54.6 Å². The third-order valence-electron chi connectivity index (χ3n) is 9.13. The summed E-state index contributed by atoms with van der Waals surface area (Å²) in [5.74, 6) is -0.0926. The van der Waals surface area contributed by atoms with Crippen LogP contribution in [0.2, 0.25) is 0 Å². The minimum Gasteiger partial charge on any atom is -0.465 e. The molecule has 0 radical (unpaired) electrons. The summed E-state index contributed by atoms with van der Waals surface area (Å²) in [6, 6.07) is 16.9. The fourth-order valence-electron chi connectivity index (χ4n) is 7.00. The molecule has 0 spiro atoms. The van der Waals surface area contributed by atoms with Crippen LogP contribution in [-0.2, 0) is 4.79 Å². The second-order valence-corrected chi connectivity index (χ2v) is 12.7. The largest absolute Gasteiger partial charge is 0.465 e. The average Bonchev–Trinajstić information content (AvgIpc) is 3.38. The van der Waals surface area contributed by atoms with E-state index in [-0.39, 0.29) is 53.2 Å². The summed E-state index contributed by atoms with van der Waals surface area (Å²) in [5.41, 5.74) is 2.48. The van der Waals surface area contributed by atoms with Crippen molar-refractivity contribution in [1.29, 1.82) is 0 Å². The third kappa shape index (κ3) is 5.81. The van der Waals surface area contributed by atoms with Crippen LogP contribution in [0.4, 0.5) is 10.5 Å². The van der Waals surface area contributed by atoms with Gasteiger partial charge in [0, 0.05) is 41.8 Å². The fraction of sp³-hybridized carbons (Fsp3) is 0.531. The summed E-state index contributed by atoms with van der Waals surface area (Å²) in [6.07, 6.45) is 4.00. The van der Waals surface area contributed by atoms with Gasteiger partial charge >= 0.3 is 6.09 Å². The number of carbonyl (C=O) groups excluding carboxylic acids is 2. The van der Waals surface area contributed by atoms with Gasteiger partial charge in [0.25, 0.3) is 5.91 Å². The topological polar surface area (TPSA) is 111 Å². The molecular weight excluding hydrogens is 504 g/mol. The molecule has 1 saturated carbocycles. The van der Waals surface area contributed by atoms with Gasteiger partial charge in [-0.1, -0.05) is 70.0 Å². The smallest absolute Gasteiger partial charge is 0.404 e. The Labute approximate surface area is 236 Å². The number of fused-ring (bicyclic) bond motifs is 3. The van der Waals surface area contributed by atoms with Gasteiger partial charge in [0.2, 0.25) is 5.91 Å². The first kappa shape index (κ1) is 28.0. The Morgan fingerprint density at radius 1 is 1.00 bits per heavy atom. The molecule has 4 N–H and O–H groups in total. The minimum absolute atomic E-state index is 0.0220. The molecule has 1 saturated heterocycles. The van der Waals surface area contributed by atoms with Crippen LogP contribution in [0.1, 0.15) is 81.3 Å². The molecule has 2 fully saturated rings. The Morgan fingerprint density at radius 2 is 1.70 bits per heavy atom. The van der Waals surface area contributed by atoms with E-state index in [1.807, 2.05) is 30.3 Å². The molecule has 1 aliphatic carbocycles. The third-order valence-corrected chi connectivity index (χ3v) is 9.13. The molecule has 0 aromatic heterocycles. The summed E-state index contributed by atoms with van der Waals surface area (Å²) in [7, 11) is 0. The molecule has 3 amide bonds. The van der Waals surface area contributed by atoms with Gasteiger partial charge < -0.3 is 26.0 Å². The zero-order valence-corrected chi connectivity index (χ0v) is 23.7. The normalized spacial score (nSPS) is 26.6. The second-order valence-electron chi connectivity index (χ2n) is 12.7. The predicted octanol–water partition coefficient (Wildman–Crippen LogP) is 5.43. The molecule has 0 bridgehead atoms. The number of rotatable bonds is 6. The highest BCUT2D eigenvalue weighted by Gasteiger charge is 2.49. The zero-order valence-electron chi connectivity index (χ0n) is 23.7. The summed E-state index contributed by atoms with van der Waals surface area (Å²) in [5, 5.41) is 19.2. The first-order valence-corrected chi connectivity index (χ1v) is 14.6. The van der Waals surface area contributed by atoms with E-state index >= 15 is 0 Å². The number of anilines is 1. The molecule has 3 aliphatic rings. The molecule has 40 heavy (non-hydrogen) atoms. The number of carboxylic acid groups (broad SMARTS) is 1. The van der Waals surface area contributed by atoms with E-state index < -0.39 is 6.09 Å². The molecule has 1 unspecified atom stereocenters. The van der Waals surface area contributed by atoms with Gasteiger partial charge in [-0.25, -0.2) is 4.79 Å². The van der Waals surface area contributed by atoms with Crippen molar-refractivity contribution in [3.05, 3.63) is 65.7 Å². The van der Waals surface area contributed by atoms with E-state index in [0.29, 0.717) is 18.5 Å². The van der Waals surface area contributed by atoms with Crippen molar-refractivity contribution >= 4 is 23.6 Å². The minimum atomic E-state index is -1.02. The van der Waals surface area contributed by atoms with Crippen LogP contribution < -0.4 is 16.0 Å². The molecule has 8 nitrogen and oxygen atoms in total. The maximum absolute atomic E-state index is 14.3. The number of carbonyl (C=O) groups is 3. The Kier molecular flexibility index (Phi) is 8.06. The number of para-hydroxylation sites is 1. The lowest BCUT2D eigenvalue weighted by atomic mass is 9.75. The number of benzene rings is 2. The van der Waals surface area contributed by atoms with Crippen molar-refractivity contribution in [3.8, 4) is 0 Å². The van der Waals surface area contributed by atoms with E-state index in [1.165, 1.54) is 0 Å². The maximum Gasteiger partial charge on any atom is 0.404 e. The van der Waals surface area contributed by atoms with Gasteiger partial charge in [0.1, 0.15) is 0 Å². The van der Waals surface area contributed by atoms with E-state index in [1.54, 1.807) is 12.1 Å². The lowest BCUT2D eigenvalue weighted by Crippen LogP contribution is -2.51. The molecule has 2 aliphatic heterocycles. The monoisotopic (exact) mass is 546 g/mol. The standard InChI is InChI=1S/C32H42N4O4/c1-32(2,3)27(35-31(39)40)19-26-22-17-18-36(28(22)21-13-7-9-15-24(21)33-26)30(38)23-14-8-10-16-25(23)34-29(37)20-11-5-4-6-12-20/h4-7,9,11-13,15,22-23,25-28,33,35H,8,10,14,16-19H2,1-3H3,(H,34,37)(H,39,40)/t22-,23+,25-,26-,27?,28+/m1/s1. The molecule has 2 aromatic rings. The van der Waals surface area contributed by atoms with Crippen molar-refractivity contribution in [2.24, 2.45) is 17.3 Å². The Balaban J connectivity index is 1.39. The summed E-state index contributed by atoms with van der Waals surface area (Å²) in [6.45, 7) is 6.82. The van der Waals surface area contributed by atoms with Crippen molar-refractivity contribution in [3.63, 3.8) is 0 Å². The Bertz CT molecular complexity index is 1230. The van der Waals surface area contributed by atoms with Gasteiger partial charge in [-0.05, 0) is 54.9 Å². The highest BCUT2D eigenvalue weighted by atomic mass is 16.4.